The van der Waals surface area contributed by atoms with Crippen LogP contribution in [-0.2, 0) is 11.0 Å². The zero-order chi connectivity index (χ0) is 14.0. The first-order valence-corrected chi connectivity index (χ1v) is 4.56. The Hall–Kier alpha value is -1.66. The van der Waals surface area contributed by atoms with E-state index in [1.54, 1.807) is 0 Å². The molecule has 1 rings (SSSR count). The lowest BCUT2D eigenvalue weighted by Crippen LogP contribution is -2.18. The van der Waals surface area contributed by atoms with E-state index < -0.39 is 28.7 Å². The van der Waals surface area contributed by atoms with Gasteiger partial charge >= 0.3 is 11.7 Å². The molecule has 0 aliphatic carbocycles. The van der Waals surface area contributed by atoms with Crippen molar-refractivity contribution in [3.8, 4) is 5.75 Å². The number of benzene rings is 1. The minimum Gasteiger partial charge on any atom is -0.419 e. The lowest BCUT2D eigenvalue weighted by Gasteiger charge is -2.16. The van der Waals surface area contributed by atoms with Crippen LogP contribution in [0.25, 0.3) is 0 Å². The third kappa shape index (κ3) is 3.97. The Morgan fingerprint density at radius 2 is 1.83 bits per heavy atom. The molecular formula is C9H3ClF5NO2. The van der Waals surface area contributed by atoms with E-state index in [-0.39, 0.29) is 0 Å². The number of hydrogen-bond acceptors (Lipinski definition) is 3. The van der Waals surface area contributed by atoms with Crippen LogP contribution in [0.4, 0.5) is 27.6 Å². The zero-order valence-electron chi connectivity index (χ0n) is 8.26. The van der Waals surface area contributed by atoms with Gasteiger partial charge in [-0.2, -0.15) is 18.2 Å². The van der Waals surface area contributed by atoms with E-state index in [1.165, 1.54) is 0 Å². The quantitative estimate of drug-likeness (QED) is 0.367. The van der Waals surface area contributed by atoms with Crippen molar-refractivity contribution < 1.29 is 31.5 Å². The molecule has 9 heteroatoms. The van der Waals surface area contributed by atoms with Crippen LogP contribution in [0.3, 0.4) is 0 Å². The van der Waals surface area contributed by atoms with Crippen molar-refractivity contribution in [1.29, 1.82) is 0 Å². The summed E-state index contributed by atoms with van der Waals surface area (Å²) in [7, 11) is 0. The summed E-state index contributed by atoms with van der Waals surface area (Å²) in [6, 6.07) is 1.82. The van der Waals surface area contributed by atoms with E-state index in [2.05, 4.69) is 21.3 Å². The first kappa shape index (κ1) is 14.4. The van der Waals surface area contributed by atoms with Crippen LogP contribution in [0.5, 0.6) is 5.75 Å². The van der Waals surface area contributed by atoms with Gasteiger partial charge in [0, 0.05) is 11.6 Å². The average Bonchev–Trinajstić information content (AvgIpc) is 2.17. The minimum atomic E-state index is -4.97. The molecule has 18 heavy (non-hydrogen) atoms. The van der Waals surface area contributed by atoms with Gasteiger partial charge in [0.1, 0.15) is 5.75 Å². The molecule has 0 bridgehead atoms. The molecule has 0 amide bonds. The molecule has 0 saturated heterocycles. The number of aliphatic imine (C=N–C) groups is 1. The summed E-state index contributed by atoms with van der Waals surface area (Å²) in [5.74, 6) is -1.17. The number of rotatable bonds is 3. The van der Waals surface area contributed by atoms with Crippen LogP contribution in [0, 0.1) is 0 Å². The molecule has 1 aromatic rings. The topological polar surface area (TPSA) is 38.7 Å². The Morgan fingerprint density at radius 1 is 1.22 bits per heavy atom. The molecule has 0 aliphatic heterocycles. The second-order valence-electron chi connectivity index (χ2n) is 2.93. The van der Waals surface area contributed by atoms with Gasteiger partial charge in [-0.15, -0.1) is 8.78 Å². The minimum absolute atomic E-state index is 0.364. The number of isocyanates is 1. The summed E-state index contributed by atoms with van der Waals surface area (Å²) in [4.78, 5) is 12.8. The van der Waals surface area contributed by atoms with Gasteiger partial charge in [-0.1, -0.05) is 0 Å². The lowest BCUT2D eigenvalue weighted by atomic mass is 10.1. The van der Waals surface area contributed by atoms with Gasteiger partial charge in [-0.05, 0) is 18.2 Å². The van der Waals surface area contributed by atoms with E-state index in [4.69, 9.17) is 0 Å². The summed E-state index contributed by atoms with van der Waals surface area (Å²) >= 11 is 4.38. The second kappa shape index (κ2) is 4.91. The number of nitrogens with zero attached hydrogens (tertiary/aromatic N) is 1. The fraction of sp³-hybridized carbons (Fsp3) is 0.222. The van der Waals surface area contributed by atoms with Gasteiger partial charge in [0.25, 0.3) is 0 Å². The van der Waals surface area contributed by atoms with E-state index in [0.717, 1.165) is 12.1 Å². The molecule has 0 radical (unpaired) electrons. The third-order valence-corrected chi connectivity index (χ3v) is 1.75. The van der Waals surface area contributed by atoms with Crippen LogP contribution in [-0.4, -0.2) is 11.6 Å². The Bertz CT molecular complexity index is 491. The fourth-order valence-corrected chi connectivity index (χ4v) is 1.16. The van der Waals surface area contributed by atoms with Crippen LogP contribution < -0.4 is 4.74 Å². The van der Waals surface area contributed by atoms with Gasteiger partial charge < -0.3 is 4.74 Å². The van der Waals surface area contributed by atoms with E-state index in [9.17, 15) is 26.7 Å². The monoisotopic (exact) mass is 287 g/mol. The van der Waals surface area contributed by atoms with Gasteiger partial charge in [0.05, 0.1) is 11.3 Å². The average molecular weight is 288 g/mol. The lowest BCUT2D eigenvalue weighted by molar-refractivity contribution is -0.145. The number of alkyl halides is 6. The summed E-state index contributed by atoms with van der Waals surface area (Å²) in [6.45, 7) is 0. The van der Waals surface area contributed by atoms with Gasteiger partial charge in [0.15, 0.2) is 0 Å². The predicted molar refractivity (Wildman–Crippen MR) is 50.7 cm³/mol. The van der Waals surface area contributed by atoms with Crippen LogP contribution in [0.15, 0.2) is 23.2 Å². The number of carbonyl (C=O) groups excluding carboxylic acids is 1. The van der Waals surface area contributed by atoms with Crippen LogP contribution in [0.1, 0.15) is 5.56 Å². The highest BCUT2D eigenvalue weighted by molar-refractivity contribution is 6.20. The smallest absolute Gasteiger partial charge is 0.419 e. The highest BCUT2D eigenvalue weighted by atomic mass is 35.5. The van der Waals surface area contributed by atoms with Crippen molar-refractivity contribution in [2.75, 3.05) is 0 Å². The maximum Gasteiger partial charge on any atom is 0.487 e. The summed E-state index contributed by atoms with van der Waals surface area (Å²) in [5, 5.41) is 0. The maximum atomic E-state index is 12.5. The molecular weight excluding hydrogens is 285 g/mol. The number of ether oxygens (including phenoxy) is 1. The molecule has 0 aliphatic rings. The Kier molecular flexibility index (Phi) is 3.93. The summed E-state index contributed by atoms with van der Waals surface area (Å²) in [5.41, 5.74) is -6.21. The predicted octanol–water partition coefficient (Wildman–Crippen LogP) is 3.84. The number of halogens is 6. The highest BCUT2D eigenvalue weighted by Gasteiger charge is 2.38. The van der Waals surface area contributed by atoms with Crippen molar-refractivity contribution >= 4 is 23.4 Å². The standard InChI is InChI=1S/C9H3ClF5NO2/c10-9(14,15)18-7-2-1-5(16-4-17)3-6(7)8(11,12)13/h1-3H. The highest BCUT2D eigenvalue weighted by Crippen LogP contribution is 2.40. The van der Waals surface area contributed by atoms with Gasteiger partial charge in [-0.3, -0.25) is 0 Å². The van der Waals surface area contributed by atoms with Crippen molar-refractivity contribution in [3.05, 3.63) is 23.8 Å². The molecule has 0 unspecified atom stereocenters. The Morgan fingerprint density at radius 3 is 2.28 bits per heavy atom. The van der Waals surface area contributed by atoms with Crippen LogP contribution in [0.2, 0.25) is 0 Å². The molecule has 0 heterocycles. The molecule has 0 atom stereocenters. The van der Waals surface area contributed by atoms with E-state index >= 15 is 0 Å². The molecule has 0 spiro atoms. The molecule has 98 valence electrons. The molecule has 0 saturated carbocycles. The first-order valence-electron chi connectivity index (χ1n) is 4.18. The molecule has 1 aromatic carbocycles. The van der Waals surface area contributed by atoms with Crippen molar-refractivity contribution in [2.24, 2.45) is 4.99 Å². The van der Waals surface area contributed by atoms with Crippen molar-refractivity contribution in [2.45, 2.75) is 11.7 Å². The Labute approximate surface area is 102 Å². The Balaban J connectivity index is 3.30. The van der Waals surface area contributed by atoms with Gasteiger partial charge in [0.2, 0.25) is 6.08 Å². The van der Waals surface area contributed by atoms with E-state index in [1.807, 2.05) is 0 Å². The summed E-state index contributed by atoms with van der Waals surface area (Å²) in [6.07, 6.45) is -3.94. The largest absolute Gasteiger partial charge is 0.487 e. The molecule has 0 N–H and O–H groups in total. The first-order chi connectivity index (χ1) is 8.13. The third-order valence-electron chi connectivity index (χ3n) is 1.67. The maximum absolute atomic E-state index is 12.5. The zero-order valence-corrected chi connectivity index (χ0v) is 9.02. The van der Waals surface area contributed by atoms with Gasteiger partial charge in [-0.25, -0.2) is 4.79 Å². The molecule has 3 nitrogen and oxygen atoms in total. The fourth-order valence-electron chi connectivity index (χ4n) is 1.08. The molecule has 0 fully saturated rings. The SMILES string of the molecule is O=C=Nc1ccc(OC(F)(F)Cl)c(C(F)(F)F)c1. The normalized spacial score (nSPS) is 11.9. The van der Waals surface area contributed by atoms with E-state index in [0.29, 0.717) is 12.1 Å². The van der Waals surface area contributed by atoms with Crippen molar-refractivity contribution in [3.63, 3.8) is 0 Å². The molecule has 0 aromatic heterocycles. The van der Waals surface area contributed by atoms with Crippen molar-refractivity contribution in [1.82, 2.24) is 0 Å². The summed E-state index contributed by atoms with van der Waals surface area (Å²) < 4.78 is 65.9. The number of hydrogen-bond donors (Lipinski definition) is 0. The van der Waals surface area contributed by atoms with Crippen LogP contribution >= 0.6 is 11.6 Å². The second-order valence-corrected chi connectivity index (χ2v) is 3.37.